The third-order valence-electron chi connectivity index (χ3n) is 4.55. The van der Waals surface area contributed by atoms with Crippen LogP contribution in [-0.2, 0) is 10.8 Å². The van der Waals surface area contributed by atoms with Gasteiger partial charge in [0, 0.05) is 35.0 Å². The molecular weight excluding hydrogens is 314 g/mol. The third-order valence-corrected chi connectivity index (χ3v) is 4.55. The van der Waals surface area contributed by atoms with Gasteiger partial charge in [-0.15, -0.1) is 0 Å². The summed E-state index contributed by atoms with van der Waals surface area (Å²) in [5, 5.41) is 0. The van der Waals surface area contributed by atoms with E-state index in [1.807, 2.05) is 12.1 Å². The first-order valence-corrected chi connectivity index (χ1v) is 8.33. The van der Waals surface area contributed by atoms with Crippen LogP contribution >= 0.6 is 0 Å². The highest BCUT2D eigenvalue weighted by molar-refractivity contribution is 5.72. The molecule has 0 unspecified atom stereocenters. The molecule has 0 aliphatic carbocycles. The van der Waals surface area contributed by atoms with E-state index in [1.54, 1.807) is 18.6 Å². The highest BCUT2D eigenvalue weighted by Gasteiger charge is 2.29. The number of aromatic nitrogens is 5. The first-order valence-electron chi connectivity index (χ1n) is 8.33. The summed E-state index contributed by atoms with van der Waals surface area (Å²) in [5.74, 6) is 0.886. The number of furan rings is 1. The smallest absolute Gasteiger partial charge is 0.245 e. The van der Waals surface area contributed by atoms with Crippen molar-refractivity contribution in [3.8, 4) is 0 Å². The Labute approximate surface area is 145 Å². The standard InChI is InChI=1S/C19H21N5O/c1-18(2,3)15-9-12-17(25-15)22-10-14(23-12)19(4,5)13-8-11-16(24-13)21-7-6-20-11/h6-10H,1-5H3,(H,21,24). The van der Waals surface area contributed by atoms with E-state index in [9.17, 15) is 0 Å². The Morgan fingerprint density at radius 1 is 0.920 bits per heavy atom. The fourth-order valence-electron chi connectivity index (χ4n) is 2.82. The minimum Gasteiger partial charge on any atom is -0.441 e. The van der Waals surface area contributed by atoms with E-state index >= 15 is 0 Å². The number of fused-ring (bicyclic) bond motifs is 2. The molecule has 0 aliphatic rings. The van der Waals surface area contributed by atoms with Gasteiger partial charge in [-0.25, -0.2) is 15.0 Å². The molecule has 0 spiro atoms. The molecule has 4 rings (SSSR count). The second-order valence-electron chi connectivity index (χ2n) is 7.90. The van der Waals surface area contributed by atoms with Gasteiger partial charge in [0.1, 0.15) is 16.8 Å². The monoisotopic (exact) mass is 335 g/mol. The Morgan fingerprint density at radius 2 is 1.68 bits per heavy atom. The van der Waals surface area contributed by atoms with Crippen LogP contribution in [0.15, 0.2) is 35.1 Å². The van der Waals surface area contributed by atoms with Crippen LogP contribution in [0.25, 0.3) is 22.4 Å². The van der Waals surface area contributed by atoms with Crippen LogP contribution < -0.4 is 0 Å². The minimum absolute atomic E-state index is 0.0768. The molecular formula is C19H21N5O. The van der Waals surface area contributed by atoms with E-state index in [0.29, 0.717) is 5.71 Å². The van der Waals surface area contributed by atoms with Crippen LogP contribution in [0.1, 0.15) is 51.8 Å². The average Bonchev–Trinajstić information content (AvgIpc) is 3.18. The van der Waals surface area contributed by atoms with E-state index in [-0.39, 0.29) is 10.8 Å². The predicted molar refractivity (Wildman–Crippen MR) is 96.5 cm³/mol. The summed E-state index contributed by atoms with van der Waals surface area (Å²) in [7, 11) is 0. The molecule has 4 aromatic heterocycles. The molecule has 0 saturated carbocycles. The lowest BCUT2D eigenvalue weighted by molar-refractivity contribution is 0.426. The molecule has 0 atom stereocenters. The second-order valence-corrected chi connectivity index (χ2v) is 7.90. The number of hydrogen-bond acceptors (Lipinski definition) is 5. The van der Waals surface area contributed by atoms with E-state index in [4.69, 9.17) is 9.40 Å². The summed E-state index contributed by atoms with van der Waals surface area (Å²) < 4.78 is 5.85. The van der Waals surface area contributed by atoms with Gasteiger partial charge in [0.2, 0.25) is 5.71 Å². The predicted octanol–water partition coefficient (Wildman–Crippen LogP) is 4.12. The van der Waals surface area contributed by atoms with Crippen LogP contribution in [-0.4, -0.2) is 24.9 Å². The van der Waals surface area contributed by atoms with Crippen molar-refractivity contribution in [1.29, 1.82) is 0 Å². The number of hydrogen-bond donors (Lipinski definition) is 1. The summed E-state index contributed by atoms with van der Waals surface area (Å²) >= 11 is 0. The van der Waals surface area contributed by atoms with Crippen molar-refractivity contribution >= 4 is 22.4 Å². The van der Waals surface area contributed by atoms with Crippen LogP contribution in [0.3, 0.4) is 0 Å². The van der Waals surface area contributed by atoms with Crippen LogP contribution in [0, 0.1) is 0 Å². The summed E-state index contributed by atoms with van der Waals surface area (Å²) in [4.78, 5) is 21.3. The molecule has 0 radical (unpaired) electrons. The van der Waals surface area contributed by atoms with Crippen molar-refractivity contribution in [3.63, 3.8) is 0 Å². The lowest BCUT2D eigenvalue weighted by atomic mass is 9.86. The van der Waals surface area contributed by atoms with Crippen molar-refractivity contribution in [2.75, 3.05) is 0 Å². The van der Waals surface area contributed by atoms with Gasteiger partial charge in [0.15, 0.2) is 5.65 Å². The Hall–Kier alpha value is -2.76. The van der Waals surface area contributed by atoms with Gasteiger partial charge < -0.3 is 9.40 Å². The molecule has 128 valence electrons. The molecule has 4 heterocycles. The first kappa shape index (κ1) is 15.7. The SMILES string of the molecule is CC(C)(C)c1cc2nc(C(C)(C)c3cc4nccnc4[nH]3)cnc2o1. The second kappa shape index (κ2) is 5.12. The quantitative estimate of drug-likeness (QED) is 0.596. The Morgan fingerprint density at radius 3 is 2.40 bits per heavy atom. The maximum Gasteiger partial charge on any atom is 0.245 e. The molecule has 0 fully saturated rings. The fourth-order valence-corrected chi connectivity index (χ4v) is 2.82. The van der Waals surface area contributed by atoms with Gasteiger partial charge >= 0.3 is 0 Å². The molecule has 6 heteroatoms. The van der Waals surface area contributed by atoms with Crippen molar-refractivity contribution in [2.45, 2.75) is 45.4 Å². The Balaban J connectivity index is 1.81. The molecule has 4 aromatic rings. The maximum absolute atomic E-state index is 5.85. The Bertz CT molecular complexity index is 1040. The van der Waals surface area contributed by atoms with Gasteiger partial charge in [0.05, 0.1) is 11.9 Å². The first-order chi connectivity index (χ1) is 11.7. The van der Waals surface area contributed by atoms with Gasteiger partial charge in [-0.3, -0.25) is 4.98 Å². The summed E-state index contributed by atoms with van der Waals surface area (Å²) in [6.07, 6.45) is 5.16. The number of nitrogens with one attached hydrogen (secondary N) is 1. The molecule has 0 amide bonds. The van der Waals surface area contributed by atoms with Crippen molar-refractivity contribution < 1.29 is 4.42 Å². The highest BCUT2D eigenvalue weighted by Crippen LogP contribution is 2.33. The molecule has 0 aliphatic heterocycles. The summed E-state index contributed by atoms with van der Waals surface area (Å²) in [5.41, 5.74) is 4.41. The zero-order chi connectivity index (χ0) is 17.8. The normalized spacial score (nSPS) is 13.0. The molecule has 6 nitrogen and oxygen atoms in total. The fraction of sp³-hybridized carbons (Fsp3) is 0.368. The minimum atomic E-state index is -0.358. The lowest BCUT2D eigenvalue weighted by Crippen LogP contribution is -2.21. The summed E-state index contributed by atoms with van der Waals surface area (Å²) in [6, 6.07) is 4.00. The molecule has 0 saturated heterocycles. The number of aromatic amines is 1. The summed E-state index contributed by atoms with van der Waals surface area (Å²) in [6.45, 7) is 10.6. The lowest BCUT2D eigenvalue weighted by Gasteiger charge is -2.22. The number of rotatable bonds is 2. The van der Waals surface area contributed by atoms with Gasteiger partial charge in [-0.1, -0.05) is 20.8 Å². The van der Waals surface area contributed by atoms with E-state index in [2.05, 4.69) is 54.6 Å². The van der Waals surface area contributed by atoms with E-state index in [1.165, 1.54) is 0 Å². The van der Waals surface area contributed by atoms with Crippen LogP contribution in [0.4, 0.5) is 0 Å². The van der Waals surface area contributed by atoms with Crippen molar-refractivity contribution in [1.82, 2.24) is 24.9 Å². The van der Waals surface area contributed by atoms with E-state index < -0.39 is 0 Å². The molecule has 1 N–H and O–H groups in total. The molecule has 25 heavy (non-hydrogen) atoms. The number of H-pyrrole nitrogens is 1. The largest absolute Gasteiger partial charge is 0.441 e. The average molecular weight is 335 g/mol. The van der Waals surface area contributed by atoms with Crippen molar-refractivity contribution in [3.05, 3.63) is 47.9 Å². The Kier molecular flexibility index (Phi) is 3.22. The molecule has 0 aromatic carbocycles. The van der Waals surface area contributed by atoms with Crippen LogP contribution in [0.5, 0.6) is 0 Å². The zero-order valence-electron chi connectivity index (χ0n) is 15.1. The zero-order valence-corrected chi connectivity index (χ0v) is 15.1. The van der Waals surface area contributed by atoms with Crippen LogP contribution in [0.2, 0.25) is 0 Å². The van der Waals surface area contributed by atoms with E-state index in [0.717, 1.165) is 33.8 Å². The topological polar surface area (TPSA) is 80.5 Å². The maximum atomic E-state index is 5.85. The third kappa shape index (κ3) is 2.58. The van der Waals surface area contributed by atoms with Gasteiger partial charge in [0.25, 0.3) is 0 Å². The highest BCUT2D eigenvalue weighted by atomic mass is 16.3. The number of nitrogens with zero attached hydrogens (tertiary/aromatic N) is 4. The van der Waals surface area contributed by atoms with Gasteiger partial charge in [-0.2, -0.15) is 0 Å². The van der Waals surface area contributed by atoms with Gasteiger partial charge in [-0.05, 0) is 19.9 Å². The van der Waals surface area contributed by atoms with Crippen molar-refractivity contribution in [2.24, 2.45) is 0 Å². The molecule has 0 bridgehead atoms.